The molecule has 0 spiro atoms. The van der Waals surface area contributed by atoms with Crippen molar-refractivity contribution in [3.63, 3.8) is 0 Å². The molecule has 1 aliphatic heterocycles. The van der Waals surface area contributed by atoms with Gasteiger partial charge in [-0.25, -0.2) is 0 Å². The number of nitrogens with zero attached hydrogens (tertiary/aromatic N) is 1. The fourth-order valence-corrected chi connectivity index (χ4v) is 1.79. The molecule has 0 amide bonds. The van der Waals surface area contributed by atoms with Gasteiger partial charge in [0.1, 0.15) is 0 Å². The van der Waals surface area contributed by atoms with Gasteiger partial charge in [0.25, 0.3) is 0 Å². The van der Waals surface area contributed by atoms with Crippen LogP contribution in [-0.4, -0.2) is 65.1 Å². The largest absolute Gasteiger partial charge is 0.385 e. The zero-order valence-electron chi connectivity index (χ0n) is 10.00. The second-order valence-electron chi connectivity index (χ2n) is 4.16. The lowest BCUT2D eigenvalue weighted by Crippen LogP contribution is -2.49. The molecule has 1 saturated heterocycles. The van der Waals surface area contributed by atoms with Crippen molar-refractivity contribution >= 4 is 0 Å². The predicted molar refractivity (Wildman–Crippen MR) is 61.2 cm³/mol. The van der Waals surface area contributed by atoms with Crippen LogP contribution >= 0.6 is 0 Å². The zero-order valence-corrected chi connectivity index (χ0v) is 10.00. The summed E-state index contributed by atoms with van der Waals surface area (Å²) >= 11 is 0. The molecule has 1 fully saturated rings. The standard InChI is InChI=1S/C11H24N2O2/c1-14-6-3-4-13(5-7-15-2)10-11-8-12-9-11/h11-12H,3-10H2,1-2H3. The van der Waals surface area contributed by atoms with E-state index in [-0.39, 0.29) is 0 Å². The number of rotatable bonds is 9. The first-order valence-corrected chi connectivity index (χ1v) is 5.77. The Morgan fingerprint density at radius 3 is 2.40 bits per heavy atom. The highest BCUT2D eigenvalue weighted by Crippen LogP contribution is 2.06. The maximum atomic E-state index is 5.12. The third kappa shape index (κ3) is 5.47. The third-order valence-electron chi connectivity index (χ3n) is 2.82. The summed E-state index contributed by atoms with van der Waals surface area (Å²) in [5, 5.41) is 3.31. The number of hydrogen-bond acceptors (Lipinski definition) is 4. The lowest BCUT2D eigenvalue weighted by molar-refractivity contribution is 0.114. The molecule has 1 aliphatic rings. The smallest absolute Gasteiger partial charge is 0.0589 e. The molecule has 4 heteroatoms. The average molecular weight is 216 g/mol. The van der Waals surface area contributed by atoms with Crippen molar-refractivity contribution in [2.24, 2.45) is 5.92 Å². The molecule has 0 saturated carbocycles. The Labute approximate surface area is 92.9 Å². The van der Waals surface area contributed by atoms with Crippen molar-refractivity contribution in [2.45, 2.75) is 6.42 Å². The van der Waals surface area contributed by atoms with Crippen LogP contribution < -0.4 is 5.32 Å². The van der Waals surface area contributed by atoms with E-state index in [2.05, 4.69) is 10.2 Å². The van der Waals surface area contributed by atoms with Crippen molar-refractivity contribution in [1.82, 2.24) is 10.2 Å². The van der Waals surface area contributed by atoms with E-state index in [9.17, 15) is 0 Å². The van der Waals surface area contributed by atoms with E-state index in [1.54, 1.807) is 14.2 Å². The van der Waals surface area contributed by atoms with E-state index in [0.717, 1.165) is 38.6 Å². The Morgan fingerprint density at radius 2 is 1.87 bits per heavy atom. The van der Waals surface area contributed by atoms with E-state index in [1.165, 1.54) is 19.6 Å². The molecule has 1 N–H and O–H groups in total. The molecule has 0 radical (unpaired) electrons. The van der Waals surface area contributed by atoms with Gasteiger partial charge in [0.05, 0.1) is 6.61 Å². The molecule has 0 aromatic carbocycles. The molecule has 0 unspecified atom stereocenters. The Bertz CT molecular complexity index is 152. The van der Waals surface area contributed by atoms with Crippen molar-refractivity contribution < 1.29 is 9.47 Å². The minimum absolute atomic E-state index is 0.827. The Hall–Kier alpha value is -0.160. The van der Waals surface area contributed by atoms with Gasteiger partial charge >= 0.3 is 0 Å². The topological polar surface area (TPSA) is 33.7 Å². The van der Waals surface area contributed by atoms with E-state index in [1.807, 2.05) is 0 Å². The summed E-state index contributed by atoms with van der Waals surface area (Å²) in [6, 6.07) is 0. The summed E-state index contributed by atoms with van der Waals surface area (Å²) in [5.41, 5.74) is 0. The van der Waals surface area contributed by atoms with Gasteiger partial charge in [-0.1, -0.05) is 0 Å². The molecule has 0 aromatic heterocycles. The molecule has 15 heavy (non-hydrogen) atoms. The molecule has 0 aliphatic carbocycles. The first-order valence-electron chi connectivity index (χ1n) is 5.77. The summed E-state index contributed by atoms with van der Waals surface area (Å²) in [4.78, 5) is 2.48. The summed E-state index contributed by atoms with van der Waals surface area (Å²) in [5.74, 6) is 0.837. The fraction of sp³-hybridized carbons (Fsp3) is 1.00. The summed E-state index contributed by atoms with van der Waals surface area (Å²) in [7, 11) is 3.52. The first kappa shape index (κ1) is 12.9. The van der Waals surface area contributed by atoms with Crippen LogP contribution in [0.2, 0.25) is 0 Å². The van der Waals surface area contributed by atoms with Gasteiger partial charge in [-0.15, -0.1) is 0 Å². The van der Waals surface area contributed by atoms with E-state index < -0.39 is 0 Å². The Kier molecular flexibility index (Phi) is 6.92. The average Bonchev–Trinajstić information content (AvgIpc) is 2.19. The van der Waals surface area contributed by atoms with Crippen molar-refractivity contribution in [1.29, 1.82) is 0 Å². The maximum Gasteiger partial charge on any atom is 0.0589 e. The predicted octanol–water partition coefficient (Wildman–Crippen LogP) is 0.191. The number of ether oxygens (including phenoxy) is 2. The van der Waals surface area contributed by atoms with Gasteiger partial charge < -0.3 is 19.7 Å². The van der Waals surface area contributed by atoms with E-state index in [4.69, 9.17) is 9.47 Å². The molecule has 1 heterocycles. The van der Waals surface area contributed by atoms with Gasteiger partial charge in [-0.05, 0) is 12.3 Å². The fourth-order valence-electron chi connectivity index (χ4n) is 1.79. The minimum Gasteiger partial charge on any atom is -0.385 e. The summed E-state index contributed by atoms with van der Waals surface area (Å²) in [6.45, 7) is 7.38. The van der Waals surface area contributed by atoms with Gasteiger partial charge in [0.15, 0.2) is 0 Å². The van der Waals surface area contributed by atoms with Gasteiger partial charge in [-0.2, -0.15) is 0 Å². The number of methoxy groups -OCH3 is 2. The van der Waals surface area contributed by atoms with E-state index >= 15 is 0 Å². The second-order valence-corrected chi connectivity index (χ2v) is 4.16. The van der Waals surface area contributed by atoms with Crippen molar-refractivity contribution in [3.8, 4) is 0 Å². The molecular formula is C11H24N2O2. The molecule has 0 bridgehead atoms. The Morgan fingerprint density at radius 1 is 1.13 bits per heavy atom. The lowest BCUT2D eigenvalue weighted by Gasteiger charge is -2.33. The molecular weight excluding hydrogens is 192 g/mol. The number of nitrogens with one attached hydrogen (secondary N) is 1. The van der Waals surface area contributed by atoms with Gasteiger partial charge in [-0.3, -0.25) is 0 Å². The van der Waals surface area contributed by atoms with Crippen LogP contribution in [0.15, 0.2) is 0 Å². The van der Waals surface area contributed by atoms with Crippen LogP contribution in [0, 0.1) is 5.92 Å². The van der Waals surface area contributed by atoms with E-state index in [0.29, 0.717) is 0 Å². The highest BCUT2D eigenvalue weighted by atomic mass is 16.5. The Balaban J connectivity index is 2.11. The maximum absolute atomic E-state index is 5.12. The van der Waals surface area contributed by atoms with Crippen LogP contribution in [0.25, 0.3) is 0 Å². The monoisotopic (exact) mass is 216 g/mol. The van der Waals surface area contributed by atoms with Crippen LogP contribution in [0.4, 0.5) is 0 Å². The summed E-state index contributed by atoms with van der Waals surface area (Å²) < 4.78 is 10.2. The number of hydrogen-bond donors (Lipinski definition) is 1. The highest BCUT2D eigenvalue weighted by Gasteiger charge is 2.19. The highest BCUT2D eigenvalue weighted by molar-refractivity contribution is 4.78. The molecule has 1 rings (SSSR count). The van der Waals surface area contributed by atoms with Gasteiger partial charge in [0, 0.05) is 53.6 Å². The van der Waals surface area contributed by atoms with Crippen LogP contribution in [-0.2, 0) is 9.47 Å². The van der Waals surface area contributed by atoms with Crippen LogP contribution in [0.3, 0.4) is 0 Å². The zero-order chi connectivity index (χ0) is 10.9. The normalized spacial score (nSPS) is 17.0. The van der Waals surface area contributed by atoms with Crippen molar-refractivity contribution in [3.05, 3.63) is 0 Å². The SMILES string of the molecule is COCCCN(CCOC)CC1CNC1. The lowest BCUT2D eigenvalue weighted by atomic mass is 10.0. The second kappa shape index (κ2) is 8.05. The quantitative estimate of drug-likeness (QED) is 0.558. The molecule has 90 valence electrons. The minimum atomic E-state index is 0.827. The molecule has 0 aromatic rings. The summed E-state index contributed by atoms with van der Waals surface area (Å²) in [6.07, 6.45) is 1.11. The molecule has 0 atom stereocenters. The molecule has 4 nitrogen and oxygen atoms in total. The first-order chi connectivity index (χ1) is 7.36. The van der Waals surface area contributed by atoms with Crippen LogP contribution in [0.5, 0.6) is 0 Å². The van der Waals surface area contributed by atoms with Crippen molar-refractivity contribution in [2.75, 3.05) is 60.2 Å². The van der Waals surface area contributed by atoms with Crippen LogP contribution in [0.1, 0.15) is 6.42 Å². The third-order valence-corrected chi connectivity index (χ3v) is 2.82. The van der Waals surface area contributed by atoms with Gasteiger partial charge in [0.2, 0.25) is 0 Å².